The van der Waals surface area contributed by atoms with E-state index in [2.05, 4.69) is 37.2 Å². The Morgan fingerprint density at radius 3 is 2.58 bits per heavy atom. The van der Waals surface area contributed by atoms with Gasteiger partial charge in [-0.15, -0.1) is 0 Å². The summed E-state index contributed by atoms with van der Waals surface area (Å²) in [6, 6.07) is 10.4. The molecule has 1 heterocycles. The molecule has 1 aromatic heterocycles. The Bertz CT molecular complexity index is 582. The number of pyridine rings is 1. The average molecular weight is 249 g/mol. The third-order valence-electron chi connectivity index (χ3n) is 3.18. The molecule has 1 aromatic carbocycles. The molecule has 0 unspecified atom stereocenters. The van der Waals surface area contributed by atoms with Crippen molar-refractivity contribution in [3.8, 4) is 11.3 Å². The quantitative estimate of drug-likeness (QED) is 0.727. The fourth-order valence-corrected chi connectivity index (χ4v) is 2.30. The Morgan fingerprint density at radius 2 is 2.00 bits per heavy atom. The van der Waals surface area contributed by atoms with Crippen LogP contribution in [-0.2, 0) is 6.42 Å². The van der Waals surface area contributed by atoms with Crippen LogP contribution in [0, 0.1) is 0 Å². The van der Waals surface area contributed by atoms with Gasteiger partial charge in [-0.25, -0.2) is 0 Å². The number of benzene rings is 1. The third kappa shape index (κ3) is 2.82. The molecule has 0 bridgehead atoms. The minimum atomic E-state index is 0.985. The fraction of sp³-hybridized carbons (Fsp3) is 0.167. The van der Waals surface area contributed by atoms with Crippen LogP contribution in [0.1, 0.15) is 30.0 Å². The molecule has 0 amide bonds. The van der Waals surface area contributed by atoms with Gasteiger partial charge in [-0.1, -0.05) is 50.8 Å². The zero-order valence-corrected chi connectivity index (χ0v) is 11.4. The summed E-state index contributed by atoms with van der Waals surface area (Å²) in [5.74, 6) is 0. The highest BCUT2D eigenvalue weighted by molar-refractivity contribution is 5.79. The van der Waals surface area contributed by atoms with E-state index in [1.54, 1.807) is 0 Å². The van der Waals surface area contributed by atoms with Gasteiger partial charge in [-0.3, -0.25) is 4.98 Å². The highest BCUT2D eigenvalue weighted by Gasteiger charge is 2.09. The maximum absolute atomic E-state index is 4.45. The van der Waals surface area contributed by atoms with E-state index in [0.29, 0.717) is 0 Å². The number of nitrogens with zero attached hydrogens (tertiary/aromatic N) is 1. The van der Waals surface area contributed by atoms with Gasteiger partial charge in [0.2, 0.25) is 0 Å². The average Bonchev–Trinajstić information content (AvgIpc) is 2.47. The van der Waals surface area contributed by atoms with Crippen molar-refractivity contribution in [2.45, 2.75) is 19.8 Å². The lowest BCUT2D eigenvalue weighted by molar-refractivity contribution is 0.921. The van der Waals surface area contributed by atoms with E-state index < -0.39 is 0 Å². The van der Waals surface area contributed by atoms with E-state index in [-0.39, 0.29) is 0 Å². The molecular weight excluding hydrogens is 230 g/mol. The van der Waals surface area contributed by atoms with Gasteiger partial charge in [-0.2, -0.15) is 0 Å². The van der Waals surface area contributed by atoms with E-state index in [1.165, 1.54) is 5.56 Å². The molecule has 2 rings (SSSR count). The summed E-state index contributed by atoms with van der Waals surface area (Å²) in [5.41, 5.74) is 5.67. The summed E-state index contributed by atoms with van der Waals surface area (Å²) >= 11 is 0. The number of aryl methyl sites for hydroxylation is 1. The molecule has 0 N–H and O–H groups in total. The predicted molar refractivity (Wildman–Crippen MR) is 83.9 cm³/mol. The molecule has 0 radical (unpaired) electrons. The second kappa shape index (κ2) is 6.14. The molecule has 0 saturated carbocycles. The standard InChI is InChI=1S/C18H19N/c1-4-9-14-12-15(5-2)16(6-3)17(13-14)18-10-7-8-11-19-18/h5-8,10-13H,2-4,9H2,1H3. The minimum Gasteiger partial charge on any atom is -0.256 e. The Balaban J connectivity index is 2.66. The largest absolute Gasteiger partial charge is 0.256 e. The zero-order chi connectivity index (χ0) is 13.7. The number of aromatic nitrogens is 1. The van der Waals surface area contributed by atoms with Crippen LogP contribution in [0.5, 0.6) is 0 Å². The predicted octanol–water partition coefficient (Wildman–Crippen LogP) is 4.99. The Labute approximate surface area is 115 Å². The van der Waals surface area contributed by atoms with Crippen LogP contribution in [0.15, 0.2) is 49.7 Å². The Morgan fingerprint density at radius 1 is 1.16 bits per heavy atom. The lowest BCUT2D eigenvalue weighted by Gasteiger charge is -2.12. The van der Waals surface area contributed by atoms with Gasteiger partial charge >= 0.3 is 0 Å². The number of hydrogen-bond acceptors (Lipinski definition) is 1. The van der Waals surface area contributed by atoms with E-state index in [1.807, 2.05) is 36.5 Å². The highest BCUT2D eigenvalue weighted by Crippen LogP contribution is 2.28. The van der Waals surface area contributed by atoms with Crippen LogP contribution >= 0.6 is 0 Å². The smallest absolute Gasteiger partial charge is 0.0708 e. The first-order valence-electron chi connectivity index (χ1n) is 6.63. The van der Waals surface area contributed by atoms with Gasteiger partial charge in [0.05, 0.1) is 5.69 Å². The van der Waals surface area contributed by atoms with Gasteiger partial charge in [0, 0.05) is 11.8 Å². The van der Waals surface area contributed by atoms with Crippen molar-refractivity contribution in [3.63, 3.8) is 0 Å². The molecular formula is C18H19N. The van der Waals surface area contributed by atoms with Crippen LogP contribution in [0.4, 0.5) is 0 Å². The van der Waals surface area contributed by atoms with Crippen LogP contribution in [0.2, 0.25) is 0 Å². The van der Waals surface area contributed by atoms with Crippen molar-refractivity contribution in [2.75, 3.05) is 0 Å². The van der Waals surface area contributed by atoms with E-state index in [4.69, 9.17) is 0 Å². The summed E-state index contributed by atoms with van der Waals surface area (Å²) in [4.78, 5) is 4.45. The molecule has 2 aromatic rings. The van der Waals surface area contributed by atoms with Crippen molar-refractivity contribution in [3.05, 3.63) is 66.4 Å². The molecule has 96 valence electrons. The van der Waals surface area contributed by atoms with Gasteiger partial charge in [0.15, 0.2) is 0 Å². The molecule has 0 spiro atoms. The maximum Gasteiger partial charge on any atom is 0.0708 e. The first-order chi connectivity index (χ1) is 9.30. The molecule has 0 fully saturated rings. The van der Waals surface area contributed by atoms with Gasteiger partial charge < -0.3 is 0 Å². The summed E-state index contributed by atoms with van der Waals surface area (Å²) in [5, 5.41) is 0. The Hall–Kier alpha value is -2.15. The van der Waals surface area contributed by atoms with Gasteiger partial charge in [0.1, 0.15) is 0 Å². The van der Waals surface area contributed by atoms with Crippen molar-refractivity contribution in [1.82, 2.24) is 4.98 Å². The van der Waals surface area contributed by atoms with Crippen LogP contribution in [0.25, 0.3) is 23.4 Å². The number of rotatable bonds is 5. The topological polar surface area (TPSA) is 12.9 Å². The highest BCUT2D eigenvalue weighted by atomic mass is 14.7. The van der Waals surface area contributed by atoms with Crippen molar-refractivity contribution in [1.29, 1.82) is 0 Å². The van der Waals surface area contributed by atoms with Crippen LogP contribution < -0.4 is 0 Å². The summed E-state index contributed by atoms with van der Waals surface area (Å²) in [7, 11) is 0. The van der Waals surface area contributed by atoms with Gasteiger partial charge in [0.25, 0.3) is 0 Å². The van der Waals surface area contributed by atoms with Gasteiger partial charge in [-0.05, 0) is 41.3 Å². The molecule has 0 aliphatic carbocycles. The number of hydrogen-bond donors (Lipinski definition) is 0. The lowest BCUT2D eigenvalue weighted by Crippen LogP contribution is -1.94. The molecule has 0 aliphatic rings. The monoisotopic (exact) mass is 249 g/mol. The van der Waals surface area contributed by atoms with E-state index in [9.17, 15) is 0 Å². The van der Waals surface area contributed by atoms with Crippen molar-refractivity contribution in [2.24, 2.45) is 0 Å². The zero-order valence-electron chi connectivity index (χ0n) is 11.4. The normalized spacial score (nSPS) is 10.2. The Kier molecular flexibility index (Phi) is 4.30. The summed E-state index contributed by atoms with van der Waals surface area (Å²) in [6.07, 6.45) is 7.80. The molecule has 1 heteroatoms. The first kappa shape index (κ1) is 13.3. The summed E-state index contributed by atoms with van der Waals surface area (Å²) < 4.78 is 0. The molecule has 1 nitrogen and oxygen atoms in total. The van der Waals surface area contributed by atoms with E-state index in [0.717, 1.165) is 35.2 Å². The summed E-state index contributed by atoms with van der Waals surface area (Å²) in [6.45, 7) is 10.0. The SMILES string of the molecule is C=Cc1cc(CCC)cc(-c2ccccn2)c1C=C. The van der Waals surface area contributed by atoms with Crippen LogP contribution in [0.3, 0.4) is 0 Å². The second-order valence-corrected chi connectivity index (χ2v) is 4.52. The van der Waals surface area contributed by atoms with E-state index >= 15 is 0 Å². The molecule has 19 heavy (non-hydrogen) atoms. The minimum absolute atomic E-state index is 0.985. The maximum atomic E-state index is 4.45. The van der Waals surface area contributed by atoms with Crippen molar-refractivity contribution < 1.29 is 0 Å². The first-order valence-corrected chi connectivity index (χ1v) is 6.63. The second-order valence-electron chi connectivity index (χ2n) is 4.52. The molecule has 0 saturated heterocycles. The molecule has 0 atom stereocenters. The van der Waals surface area contributed by atoms with Crippen molar-refractivity contribution >= 4 is 12.2 Å². The van der Waals surface area contributed by atoms with Crippen LogP contribution in [-0.4, -0.2) is 4.98 Å². The fourth-order valence-electron chi connectivity index (χ4n) is 2.30. The third-order valence-corrected chi connectivity index (χ3v) is 3.18. The lowest BCUT2D eigenvalue weighted by atomic mass is 9.93. The molecule has 0 aliphatic heterocycles.